The molecule has 8 heteroatoms. The topological polar surface area (TPSA) is 72.5 Å². The van der Waals surface area contributed by atoms with E-state index in [1.165, 1.54) is 18.2 Å². The quantitative estimate of drug-likeness (QED) is 0.336. The summed E-state index contributed by atoms with van der Waals surface area (Å²) in [5.41, 5.74) is 6.51. The molecule has 6 nitrogen and oxygen atoms in total. The maximum absolute atomic E-state index is 14.3. The number of hydrogen-bond acceptors (Lipinski definition) is 4. The Balaban J connectivity index is 1.82. The first-order valence-corrected chi connectivity index (χ1v) is 8.84. The number of nitrogens with zero attached hydrogens (tertiary/aromatic N) is 3. The SMILES string of the molecule is Cc1cc(C=NNc2ccc([N+](=O)[O-])cc2)c(C)n1-c1ccc(Br)cc1F. The van der Waals surface area contributed by atoms with E-state index in [1.807, 2.05) is 24.5 Å². The Labute approximate surface area is 163 Å². The molecule has 0 bridgehead atoms. The smallest absolute Gasteiger partial charge is 0.269 e. The van der Waals surface area contributed by atoms with Gasteiger partial charge in [0, 0.05) is 33.6 Å². The van der Waals surface area contributed by atoms with E-state index in [9.17, 15) is 14.5 Å². The maximum Gasteiger partial charge on any atom is 0.269 e. The number of benzene rings is 2. The Hall–Kier alpha value is -3.00. The van der Waals surface area contributed by atoms with Gasteiger partial charge < -0.3 is 4.57 Å². The van der Waals surface area contributed by atoms with Gasteiger partial charge in [-0.3, -0.25) is 15.5 Å². The normalized spacial score (nSPS) is 11.1. The first kappa shape index (κ1) is 18.8. The van der Waals surface area contributed by atoms with Gasteiger partial charge in [-0.15, -0.1) is 0 Å². The van der Waals surface area contributed by atoms with Crippen LogP contribution >= 0.6 is 15.9 Å². The Morgan fingerprint density at radius 1 is 1.19 bits per heavy atom. The van der Waals surface area contributed by atoms with Crippen molar-refractivity contribution >= 4 is 33.5 Å². The van der Waals surface area contributed by atoms with E-state index in [-0.39, 0.29) is 11.5 Å². The fourth-order valence-electron chi connectivity index (χ4n) is 2.79. The Bertz CT molecular complexity index is 1030. The van der Waals surface area contributed by atoms with Crippen LogP contribution in [0.3, 0.4) is 0 Å². The number of aryl methyl sites for hydroxylation is 1. The second-order valence-corrected chi connectivity index (χ2v) is 6.85. The van der Waals surface area contributed by atoms with Gasteiger partial charge in [-0.25, -0.2) is 4.39 Å². The Kier molecular flexibility index (Phi) is 5.36. The summed E-state index contributed by atoms with van der Waals surface area (Å²) in [6, 6.07) is 12.8. The summed E-state index contributed by atoms with van der Waals surface area (Å²) in [6.45, 7) is 3.79. The van der Waals surface area contributed by atoms with Crippen LogP contribution in [-0.2, 0) is 0 Å². The molecular weight excluding hydrogens is 415 g/mol. The lowest BCUT2D eigenvalue weighted by Crippen LogP contribution is -2.02. The van der Waals surface area contributed by atoms with Crippen molar-refractivity contribution in [2.24, 2.45) is 5.10 Å². The molecule has 0 unspecified atom stereocenters. The van der Waals surface area contributed by atoms with E-state index >= 15 is 0 Å². The van der Waals surface area contributed by atoms with Crippen LogP contribution in [0, 0.1) is 29.8 Å². The van der Waals surface area contributed by atoms with E-state index in [0.29, 0.717) is 15.8 Å². The Morgan fingerprint density at radius 3 is 2.52 bits per heavy atom. The third-order valence-electron chi connectivity index (χ3n) is 4.10. The van der Waals surface area contributed by atoms with Gasteiger partial charge in [-0.05, 0) is 50.2 Å². The third-order valence-corrected chi connectivity index (χ3v) is 4.59. The van der Waals surface area contributed by atoms with E-state index < -0.39 is 4.92 Å². The second kappa shape index (κ2) is 7.71. The maximum atomic E-state index is 14.3. The molecule has 0 radical (unpaired) electrons. The molecule has 1 heterocycles. The lowest BCUT2D eigenvalue weighted by Gasteiger charge is -2.11. The monoisotopic (exact) mass is 430 g/mol. The van der Waals surface area contributed by atoms with Crippen molar-refractivity contribution in [3.05, 3.63) is 85.9 Å². The molecule has 138 valence electrons. The predicted octanol–water partition coefficient (Wildman–Crippen LogP) is 5.35. The van der Waals surface area contributed by atoms with Crippen LogP contribution in [0.4, 0.5) is 15.8 Å². The molecule has 3 rings (SSSR count). The number of nitro groups is 1. The minimum Gasteiger partial charge on any atom is -0.315 e. The van der Waals surface area contributed by atoms with Crippen molar-refractivity contribution in [3.8, 4) is 5.69 Å². The fraction of sp³-hybridized carbons (Fsp3) is 0.105. The van der Waals surface area contributed by atoms with Crippen molar-refractivity contribution in [1.29, 1.82) is 0 Å². The van der Waals surface area contributed by atoms with Gasteiger partial charge in [0.2, 0.25) is 0 Å². The number of nitrogens with one attached hydrogen (secondary N) is 1. The highest BCUT2D eigenvalue weighted by Gasteiger charge is 2.13. The molecule has 0 aliphatic rings. The minimum absolute atomic E-state index is 0.0181. The summed E-state index contributed by atoms with van der Waals surface area (Å²) in [7, 11) is 0. The third kappa shape index (κ3) is 4.06. The van der Waals surface area contributed by atoms with Gasteiger partial charge in [-0.1, -0.05) is 15.9 Å². The molecule has 2 aromatic carbocycles. The highest BCUT2D eigenvalue weighted by molar-refractivity contribution is 9.10. The van der Waals surface area contributed by atoms with Gasteiger partial charge >= 0.3 is 0 Å². The molecule has 3 aromatic rings. The number of anilines is 1. The Morgan fingerprint density at radius 2 is 1.89 bits per heavy atom. The van der Waals surface area contributed by atoms with Crippen molar-refractivity contribution in [3.63, 3.8) is 0 Å². The first-order valence-electron chi connectivity index (χ1n) is 8.04. The second-order valence-electron chi connectivity index (χ2n) is 5.93. The van der Waals surface area contributed by atoms with Crippen LogP contribution < -0.4 is 5.43 Å². The van der Waals surface area contributed by atoms with Crippen LogP contribution in [0.15, 0.2) is 58.1 Å². The summed E-state index contributed by atoms with van der Waals surface area (Å²) in [5.74, 6) is -0.321. The van der Waals surface area contributed by atoms with Crippen LogP contribution in [0.2, 0.25) is 0 Å². The standard InChI is InChI=1S/C19H16BrFN4O2/c1-12-9-14(11-22-23-16-4-6-17(7-5-16)25(26)27)13(2)24(12)19-8-3-15(20)10-18(19)21/h3-11,23H,1-2H3. The number of aromatic nitrogens is 1. The van der Waals surface area contributed by atoms with E-state index in [0.717, 1.165) is 17.0 Å². The zero-order valence-electron chi connectivity index (χ0n) is 14.6. The van der Waals surface area contributed by atoms with Gasteiger partial charge in [0.05, 0.1) is 22.5 Å². The predicted molar refractivity (Wildman–Crippen MR) is 107 cm³/mol. The fourth-order valence-corrected chi connectivity index (χ4v) is 3.12. The number of non-ortho nitro benzene ring substituents is 1. The lowest BCUT2D eigenvalue weighted by atomic mass is 10.2. The molecule has 0 spiro atoms. The van der Waals surface area contributed by atoms with Gasteiger partial charge in [-0.2, -0.15) is 5.10 Å². The van der Waals surface area contributed by atoms with Crippen molar-refractivity contribution in [1.82, 2.24) is 4.57 Å². The number of hydrazone groups is 1. The molecule has 0 fully saturated rings. The summed E-state index contributed by atoms with van der Waals surface area (Å²) < 4.78 is 16.8. The summed E-state index contributed by atoms with van der Waals surface area (Å²) >= 11 is 3.26. The van der Waals surface area contributed by atoms with E-state index in [4.69, 9.17) is 0 Å². The molecule has 0 saturated heterocycles. The largest absolute Gasteiger partial charge is 0.315 e. The highest BCUT2D eigenvalue weighted by atomic mass is 79.9. The number of hydrogen-bond donors (Lipinski definition) is 1. The molecule has 0 saturated carbocycles. The van der Waals surface area contributed by atoms with Crippen molar-refractivity contribution in [2.75, 3.05) is 5.43 Å². The minimum atomic E-state index is -0.455. The molecule has 0 amide bonds. The van der Waals surface area contributed by atoms with Crippen LogP contribution in [0.5, 0.6) is 0 Å². The molecule has 0 atom stereocenters. The van der Waals surface area contributed by atoms with Gasteiger partial charge in [0.25, 0.3) is 5.69 Å². The molecule has 1 N–H and O–H groups in total. The zero-order chi connectivity index (χ0) is 19.6. The molecular formula is C19H16BrFN4O2. The van der Waals surface area contributed by atoms with Crippen LogP contribution in [-0.4, -0.2) is 15.7 Å². The molecule has 0 aliphatic heterocycles. The lowest BCUT2D eigenvalue weighted by molar-refractivity contribution is -0.384. The average molecular weight is 431 g/mol. The van der Waals surface area contributed by atoms with Crippen molar-refractivity contribution in [2.45, 2.75) is 13.8 Å². The molecule has 27 heavy (non-hydrogen) atoms. The summed E-state index contributed by atoms with van der Waals surface area (Å²) in [4.78, 5) is 10.2. The van der Waals surface area contributed by atoms with Crippen molar-refractivity contribution < 1.29 is 9.31 Å². The summed E-state index contributed by atoms with van der Waals surface area (Å²) in [6.07, 6.45) is 1.64. The molecule has 0 aliphatic carbocycles. The average Bonchev–Trinajstić information content (AvgIpc) is 2.90. The van der Waals surface area contributed by atoms with Gasteiger partial charge in [0.15, 0.2) is 0 Å². The number of nitro benzene ring substituents is 1. The van der Waals surface area contributed by atoms with E-state index in [2.05, 4.69) is 26.5 Å². The number of rotatable bonds is 5. The van der Waals surface area contributed by atoms with Crippen LogP contribution in [0.1, 0.15) is 17.0 Å². The number of halogens is 2. The molecule has 1 aromatic heterocycles. The highest BCUT2D eigenvalue weighted by Crippen LogP contribution is 2.24. The van der Waals surface area contributed by atoms with E-state index in [1.54, 1.807) is 30.5 Å². The van der Waals surface area contributed by atoms with Gasteiger partial charge in [0.1, 0.15) is 5.82 Å². The summed E-state index contributed by atoms with van der Waals surface area (Å²) in [5, 5.41) is 14.8. The van der Waals surface area contributed by atoms with Crippen LogP contribution in [0.25, 0.3) is 5.69 Å². The first-order chi connectivity index (χ1) is 12.9. The zero-order valence-corrected chi connectivity index (χ0v) is 16.2.